The predicted molar refractivity (Wildman–Crippen MR) is 47.8 cm³/mol. The fourth-order valence-corrected chi connectivity index (χ4v) is 2.37. The Morgan fingerprint density at radius 1 is 1.33 bits per heavy atom. The molecule has 3 atom stereocenters. The Kier molecular flexibility index (Phi) is 2.11. The van der Waals surface area contributed by atoms with Crippen LogP contribution >= 0.6 is 0 Å². The van der Waals surface area contributed by atoms with Gasteiger partial charge in [0.2, 0.25) is 0 Å². The summed E-state index contributed by atoms with van der Waals surface area (Å²) in [5.74, 6) is 0.809. The van der Waals surface area contributed by atoms with Crippen molar-refractivity contribution < 1.29 is 4.39 Å². The second-order valence-electron chi connectivity index (χ2n) is 4.50. The molecule has 0 radical (unpaired) electrons. The molecule has 0 aromatic heterocycles. The van der Waals surface area contributed by atoms with Crippen LogP contribution in [0, 0.1) is 11.8 Å². The summed E-state index contributed by atoms with van der Waals surface area (Å²) in [6.45, 7) is 6.59. The number of hydrogen-bond acceptors (Lipinski definition) is 1. The Morgan fingerprint density at radius 3 is 2.75 bits per heavy atom. The molecule has 0 amide bonds. The first-order chi connectivity index (χ1) is 5.70. The molecular formula is C10H18FN. The quantitative estimate of drug-likeness (QED) is 0.584. The van der Waals surface area contributed by atoms with Gasteiger partial charge < -0.3 is 4.90 Å². The van der Waals surface area contributed by atoms with Crippen molar-refractivity contribution >= 4 is 0 Å². The van der Waals surface area contributed by atoms with Gasteiger partial charge in [0.1, 0.15) is 6.17 Å². The van der Waals surface area contributed by atoms with Crippen molar-refractivity contribution in [3.63, 3.8) is 0 Å². The summed E-state index contributed by atoms with van der Waals surface area (Å²) < 4.78 is 13.1. The van der Waals surface area contributed by atoms with Crippen molar-refractivity contribution in [2.24, 2.45) is 11.8 Å². The van der Waals surface area contributed by atoms with E-state index in [1.165, 1.54) is 13.0 Å². The van der Waals surface area contributed by atoms with Gasteiger partial charge in [-0.3, -0.25) is 0 Å². The number of alkyl halides is 1. The van der Waals surface area contributed by atoms with Crippen LogP contribution in [0.4, 0.5) is 4.39 Å². The maximum absolute atomic E-state index is 13.1. The smallest absolute Gasteiger partial charge is 0.108 e. The fraction of sp³-hybridized carbons (Fsp3) is 1.00. The van der Waals surface area contributed by atoms with E-state index in [-0.39, 0.29) is 0 Å². The van der Waals surface area contributed by atoms with Crippen molar-refractivity contribution in [1.82, 2.24) is 4.90 Å². The van der Waals surface area contributed by atoms with Crippen LogP contribution in [0.2, 0.25) is 0 Å². The number of likely N-dealkylation sites (tertiary alicyclic amines) is 1. The first-order valence-electron chi connectivity index (χ1n) is 5.08. The van der Waals surface area contributed by atoms with Crippen molar-refractivity contribution in [3.8, 4) is 0 Å². The lowest BCUT2D eigenvalue weighted by Gasteiger charge is -2.24. The van der Waals surface area contributed by atoms with Crippen molar-refractivity contribution in [3.05, 3.63) is 0 Å². The van der Waals surface area contributed by atoms with Crippen LogP contribution in [0.5, 0.6) is 0 Å². The molecule has 2 aliphatic rings. The maximum Gasteiger partial charge on any atom is 0.108 e. The zero-order chi connectivity index (χ0) is 8.72. The predicted octanol–water partition coefficient (Wildman–Crippen LogP) is 2.07. The molecule has 0 N–H and O–H groups in total. The molecule has 1 saturated heterocycles. The van der Waals surface area contributed by atoms with E-state index in [1.54, 1.807) is 0 Å². The third kappa shape index (κ3) is 1.37. The summed E-state index contributed by atoms with van der Waals surface area (Å²) in [7, 11) is 0. The van der Waals surface area contributed by atoms with Crippen molar-refractivity contribution in [1.29, 1.82) is 0 Å². The molecule has 0 aromatic rings. The van der Waals surface area contributed by atoms with Gasteiger partial charge in [-0.05, 0) is 39.2 Å². The summed E-state index contributed by atoms with van der Waals surface area (Å²) in [6.07, 6.45) is 1.85. The zero-order valence-corrected chi connectivity index (χ0v) is 7.96. The van der Waals surface area contributed by atoms with Gasteiger partial charge in [0, 0.05) is 18.5 Å². The largest absolute Gasteiger partial charge is 0.301 e. The number of halogens is 1. The average molecular weight is 171 g/mol. The van der Waals surface area contributed by atoms with Crippen LogP contribution in [-0.4, -0.2) is 30.2 Å². The van der Waals surface area contributed by atoms with Gasteiger partial charge in [-0.15, -0.1) is 0 Å². The van der Waals surface area contributed by atoms with E-state index in [9.17, 15) is 4.39 Å². The SMILES string of the molecule is CC(C)N1CCCC2C(F)C2C1. The van der Waals surface area contributed by atoms with E-state index in [0.717, 1.165) is 13.0 Å². The minimum Gasteiger partial charge on any atom is -0.301 e. The summed E-state index contributed by atoms with van der Waals surface area (Å²) in [5.41, 5.74) is 0. The second kappa shape index (κ2) is 2.99. The molecule has 3 unspecified atom stereocenters. The van der Waals surface area contributed by atoms with Gasteiger partial charge >= 0.3 is 0 Å². The molecule has 12 heavy (non-hydrogen) atoms. The monoisotopic (exact) mass is 171 g/mol. The molecular weight excluding hydrogens is 153 g/mol. The van der Waals surface area contributed by atoms with Crippen molar-refractivity contribution in [2.45, 2.75) is 38.9 Å². The molecule has 0 aromatic carbocycles. The highest BCUT2D eigenvalue weighted by Crippen LogP contribution is 2.47. The molecule has 70 valence electrons. The van der Waals surface area contributed by atoms with Crippen LogP contribution < -0.4 is 0 Å². The van der Waals surface area contributed by atoms with Crippen LogP contribution in [0.1, 0.15) is 26.7 Å². The van der Waals surface area contributed by atoms with Gasteiger partial charge in [-0.25, -0.2) is 4.39 Å². The molecule has 1 aliphatic carbocycles. The van der Waals surface area contributed by atoms with Gasteiger partial charge in [0.25, 0.3) is 0 Å². The van der Waals surface area contributed by atoms with Crippen molar-refractivity contribution in [2.75, 3.05) is 13.1 Å². The third-order valence-corrected chi connectivity index (χ3v) is 3.39. The third-order valence-electron chi connectivity index (χ3n) is 3.39. The number of rotatable bonds is 1. The molecule has 1 aliphatic heterocycles. The number of fused-ring (bicyclic) bond motifs is 1. The first-order valence-corrected chi connectivity index (χ1v) is 5.08. The molecule has 1 saturated carbocycles. The molecule has 0 spiro atoms. The summed E-state index contributed by atoms with van der Waals surface area (Å²) in [4.78, 5) is 2.42. The zero-order valence-electron chi connectivity index (χ0n) is 7.96. The van der Waals surface area contributed by atoms with E-state index in [1.807, 2.05) is 0 Å². The minimum absolute atomic E-state index is 0.384. The fourth-order valence-electron chi connectivity index (χ4n) is 2.37. The molecule has 2 rings (SSSR count). The van der Waals surface area contributed by atoms with E-state index in [4.69, 9.17) is 0 Å². The molecule has 0 bridgehead atoms. The highest BCUT2D eigenvalue weighted by molar-refractivity contribution is 5.01. The van der Waals surface area contributed by atoms with Crippen LogP contribution in [-0.2, 0) is 0 Å². The lowest BCUT2D eigenvalue weighted by molar-refractivity contribution is 0.208. The van der Waals surface area contributed by atoms with Crippen LogP contribution in [0.15, 0.2) is 0 Å². The Labute approximate surface area is 73.9 Å². The topological polar surface area (TPSA) is 3.24 Å². The average Bonchev–Trinajstić information content (AvgIpc) is 2.66. The molecule has 2 fully saturated rings. The van der Waals surface area contributed by atoms with E-state index >= 15 is 0 Å². The standard InChI is InChI=1S/C10H18FN/c1-7(2)12-5-3-4-8-9(6-12)10(8)11/h7-10H,3-6H2,1-2H3. The Balaban J connectivity index is 1.93. The Bertz CT molecular complexity index is 169. The lowest BCUT2D eigenvalue weighted by Crippen LogP contribution is -2.33. The van der Waals surface area contributed by atoms with Crippen LogP contribution in [0.25, 0.3) is 0 Å². The van der Waals surface area contributed by atoms with E-state index in [2.05, 4.69) is 18.7 Å². The Morgan fingerprint density at radius 2 is 2.08 bits per heavy atom. The Hall–Kier alpha value is -0.110. The van der Waals surface area contributed by atoms with Gasteiger partial charge in [-0.2, -0.15) is 0 Å². The highest BCUT2D eigenvalue weighted by Gasteiger charge is 2.52. The molecule has 1 nitrogen and oxygen atoms in total. The van der Waals surface area contributed by atoms with Crippen LogP contribution in [0.3, 0.4) is 0 Å². The summed E-state index contributed by atoms with van der Waals surface area (Å²) in [6, 6.07) is 0.594. The molecule has 1 heterocycles. The van der Waals surface area contributed by atoms with Gasteiger partial charge in [0.15, 0.2) is 0 Å². The first kappa shape index (κ1) is 8.49. The molecule has 2 heteroatoms. The van der Waals surface area contributed by atoms with E-state index < -0.39 is 6.17 Å². The summed E-state index contributed by atoms with van der Waals surface area (Å²) in [5, 5.41) is 0. The van der Waals surface area contributed by atoms with Gasteiger partial charge in [0.05, 0.1) is 0 Å². The number of hydrogen-bond donors (Lipinski definition) is 0. The lowest BCUT2D eigenvalue weighted by atomic mass is 10.2. The summed E-state index contributed by atoms with van der Waals surface area (Å²) >= 11 is 0. The van der Waals surface area contributed by atoms with E-state index in [0.29, 0.717) is 17.9 Å². The minimum atomic E-state index is -0.466. The number of nitrogens with zero attached hydrogens (tertiary/aromatic N) is 1. The normalized spacial score (nSPS) is 42.5. The second-order valence-corrected chi connectivity index (χ2v) is 4.50. The maximum atomic E-state index is 13.1. The highest BCUT2D eigenvalue weighted by atomic mass is 19.1. The van der Waals surface area contributed by atoms with Gasteiger partial charge in [-0.1, -0.05) is 0 Å².